The number of hydrogen-bond donors (Lipinski definition) is 4. The third-order valence-electron chi connectivity index (χ3n) is 3.85. The zero-order valence-corrected chi connectivity index (χ0v) is 13.4. The summed E-state index contributed by atoms with van der Waals surface area (Å²) < 4.78 is 16.1. The molecular formula is C15H26N2O6. The number of ether oxygens (including phenoxy) is 2. The Bertz CT molecular complexity index is 455. The van der Waals surface area contributed by atoms with Gasteiger partial charge in [0.05, 0.1) is 36.7 Å². The molecule has 4 atom stereocenters. The van der Waals surface area contributed by atoms with Crippen LogP contribution in [0, 0.1) is 0 Å². The number of aliphatic hydroxyl groups excluding tert-OH is 3. The molecule has 0 aliphatic carbocycles. The number of methoxy groups -OCH3 is 1. The molecular weight excluding hydrogens is 304 g/mol. The van der Waals surface area contributed by atoms with Crippen LogP contribution in [0.2, 0.25) is 0 Å². The van der Waals surface area contributed by atoms with Gasteiger partial charge in [-0.15, -0.1) is 0 Å². The highest BCUT2D eigenvalue weighted by atomic mass is 16.5. The van der Waals surface area contributed by atoms with Crippen LogP contribution < -0.4 is 5.32 Å². The van der Waals surface area contributed by atoms with Gasteiger partial charge in [0.1, 0.15) is 6.61 Å². The molecule has 4 N–H and O–H groups in total. The molecule has 132 valence electrons. The normalized spacial score (nSPS) is 26.3. The molecule has 8 nitrogen and oxygen atoms in total. The molecule has 0 bridgehead atoms. The minimum atomic E-state index is -0.805. The second-order valence-corrected chi connectivity index (χ2v) is 5.86. The number of aromatic nitrogens is 1. The molecule has 0 spiro atoms. The van der Waals surface area contributed by atoms with Crippen LogP contribution in [0.4, 0.5) is 0 Å². The van der Waals surface area contributed by atoms with Crippen LogP contribution in [0.15, 0.2) is 10.6 Å². The summed E-state index contributed by atoms with van der Waals surface area (Å²) in [6.45, 7) is 0.774. The Labute approximate surface area is 135 Å². The third kappa shape index (κ3) is 5.83. The minimum absolute atomic E-state index is 0.0338. The number of hydrogen-bond acceptors (Lipinski definition) is 8. The largest absolute Gasteiger partial charge is 0.394 e. The number of aliphatic hydroxyl groups is 3. The van der Waals surface area contributed by atoms with Crippen LogP contribution in [0.5, 0.6) is 0 Å². The van der Waals surface area contributed by atoms with Crippen molar-refractivity contribution in [1.29, 1.82) is 0 Å². The maximum absolute atomic E-state index is 10.0. The Kier molecular flexibility index (Phi) is 7.41. The van der Waals surface area contributed by atoms with Gasteiger partial charge in [-0.2, -0.15) is 0 Å². The maximum atomic E-state index is 10.0. The van der Waals surface area contributed by atoms with Gasteiger partial charge in [0.2, 0.25) is 0 Å². The number of nitrogens with zero attached hydrogens (tertiary/aromatic N) is 1. The van der Waals surface area contributed by atoms with Crippen LogP contribution in [-0.4, -0.2) is 71.7 Å². The fourth-order valence-electron chi connectivity index (χ4n) is 2.64. The lowest BCUT2D eigenvalue weighted by molar-refractivity contribution is -0.115. The first-order chi connectivity index (χ1) is 11.1. The van der Waals surface area contributed by atoms with Crippen LogP contribution >= 0.6 is 0 Å². The van der Waals surface area contributed by atoms with E-state index in [2.05, 4.69) is 10.5 Å². The molecule has 2 rings (SSSR count). The van der Waals surface area contributed by atoms with Gasteiger partial charge in [-0.25, -0.2) is 0 Å². The first-order valence-electron chi connectivity index (χ1n) is 7.89. The monoisotopic (exact) mass is 330 g/mol. The summed E-state index contributed by atoms with van der Waals surface area (Å²) in [7, 11) is 1.60. The molecule has 0 aromatic carbocycles. The highest BCUT2D eigenvalue weighted by Gasteiger charge is 2.30. The van der Waals surface area contributed by atoms with E-state index >= 15 is 0 Å². The molecule has 1 saturated heterocycles. The van der Waals surface area contributed by atoms with Crippen LogP contribution in [0.3, 0.4) is 0 Å². The van der Waals surface area contributed by atoms with E-state index in [4.69, 9.17) is 19.1 Å². The average molecular weight is 330 g/mol. The van der Waals surface area contributed by atoms with Gasteiger partial charge in [-0.05, 0) is 12.8 Å². The lowest BCUT2D eigenvalue weighted by atomic mass is 9.98. The predicted octanol–water partition coefficient (Wildman–Crippen LogP) is -0.785. The first-order valence-corrected chi connectivity index (χ1v) is 7.89. The van der Waals surface area contributed by atoms with Crippen molar-refractivity contribution in [2.24, 2.45) is 0 Å². The Hall–Kier alpha value is -1.03. The van der Waals surface area contributed by atoms with Gasteiger partial charge in [0, 0.05) is 32.7 Å². The molecule has 1 aromatic heterocycles. The third-order valence-corrected chi connectivity index (χ3v) is 3.85. The van der Waals surface area contributed by atoms with E-state index in [0.717, 1.165) is 12.1 Å². The van der Waals surface area contributed by atoms with Gasteiger partial charge >= 0.3 is 0 Å². The van der Waals surface area contributed by atoms with E-state index in [1.54, 1.807) is 7.11 Å². The van der Waals surface area contributed by atoms with Gasteiger partial charge in [-0.3, -0.25) is 0 Å². The van der Waals surface area contributed by atoms with Gasteiger partial charge in [0.15, 0.2) is 5.76 Å². The van der Waals surface area contributed by atoms with Crippen molar-refractivity contribution in [1.82, 2.24) is 10.5 Å². The summed E-state index contributed by atoms with van der Waals surface area (Å²) >= 11 is 0. The van der Waals surface area contributed by atoms with Crippen molar-refractivity contribution in [3.05, 3.63) is 17.5 Å². The van der Waals surface area contributed by atoms with Crippen LogP contribution in [0.25, 0.3) is 0 Å². The van der Waals surface area contributed by atoms with E-state index in [0.29, 0.717) is 31.8 Å². The topological polar surface area (TPSA) is 117 Å². The maximum Gasteiger partial charge on any atom is 0.162 e. The summed E-state index contributed by atoms with van der Waals surface area (Å²) in [6, 6.07) is 1.85. The van der Waals surface area contributed by atoms with Crippen LogP contribution in [0.1, 0.15) is 24.3 Å². The Balaban J connectivity index is 1.79. The summed E-state index contributed by atoms with van der Waals surface area (Å²) in [4.78, 5) is 0. The van der Waals surface area contributed by atoms with E-state index in [1.165, 1.54) is 0 Å². The molecule has 2 heterocycles. The van der Waals surface area contributed by atoms with Gasteiger partial charge < -0.3 is 34.6 Å². The zero-order chi connectivity index (χ0) is 16.7. The SMILES string of the molecule is COCc1cc(CC2CCC(O)C(CNCC(O)CO)O2)no1. The van der Waals surface area contributed by atoms with Crippen molar-refractivity contribution in [2.75, 3.05) is 26.8 Å². The molecule has 0 saturated carbocycles. The van der Waals surface area contributed by atoms with Crippen molar-refractivity contribution >= 4 is 0 Å². The van der Waals surface area contributed by atoms with Gasteiger partial charge in [0.25, 0.3) is 0 Å². The predicted molar refractivity (Wildman–Crippen MR) is 80.8 cm³/mol. The lowest BCUT2D eigenvalue weighted by Gasteiger charge is -2.34. The quantitative estimate of drug-likeness (QED) is 0.466. The lowest BCUT2D eigenvalue weighted by Crippen LogP contribution is -2.46. The van der Waals surface area contributed by atoms with Crippen molar-refractivity contribution in [3.63, 3.8) is 0 Å². The summed E-state index contributed by atoms with van der Waals surface area (Å²) in [5.74, 6) is 0.676. The van der Waals surface area contributed by atoms with Crippen molar-refractivity contribution in [3.8, 4) is 0 Å². The van der Waals surface area contributed by atoms with E-state index in [9.17, 15) is 10.2 Å². The van der Waals surface area contributed by atoms with Gasteiger partial charge in [-0.1, -0.05) is 5.16 Å². The number of rotatable bonds is 9. The standard InChI is InChI=1S/C15H26N2O6/c1-21-9-13-5-10(17-23-13)4-12-2-3-14(20)15(22-12)7-16-6-11(19)8-18/h5,11-12,14-16,18-20H,2-4,6-9H2,1H3. The van der Waals surface area contributed by atoms with E-state index < -0.39 is 12.2 Å². The molecule has 4 unspecified atom stereocenters. The highest BCUT2D eigenvalue weighted by Crippen LogP contribution is 2.22. The molecule has 0 amide bonds. The second-order valence-electron chi connectivity index (χ2n) is 5.86. The molecule has 1 aliphatic heterocycles. The molecule has 1 fully saturated rings. The van der Waals surface area contributed by atoms with Crippen molar-refractivity contribution < 1.29 is 29.3 Å². The Morgan fingerprint density at radius 3 is 3.04 bits per heavy atom. The second kappa shape index (κ2) is 9.31. The fourth-order valence-corrected chi connectivity index (χ4v) is 2.64. The Morgan fingerprint density at radius 2 is 2.30 bits per heavy atom. The average Bonchev–Trinajstić information content (AvgIpc) is 2.97. The fraction of sp³-hybridized carbons (Fsp3) is 0.800. The molecule has 0 radical (unpaired) electrons. The first kappa shape index (κ1) is 18.3. The highest BCUT2D eigenvalue weighted by molar-refractivity contribution is 5.06. The van der Waals surface area contributed by atoms with Crippen molar-refractivity contribution in [2.45, 2.75) is 50.3 Å². The summed E-state index contributed by atoms with van der Waals surface area (Å²) in [6.07, 6.45) is 0.312. The Morgan fingerprint density at radius 1 is 1.48 bits per heavy atom. The minimum Gasteiger partial charge on any atom is -0.394 e. The molecule has 1 aromatic rings. The molecule has 1 aliphatic rings. The number of nitrogens with one attached hydrogen (secondary N) is 1. The van der Waals surface area contributed by atoms with Crippen LogP contribution in [-0.2, 0) is 22.5 Å². The zero-order valence-electron chi connectivity index (χ0n) is 13.4. The van der Waals surface area contributed by atoms with E-state index in [-0.39, 0.29) is 25.4 Å². The van der Waals surface area contributed by atoms with E-state index in [1.807, 2.05) is 6.07 Å². The molecule has 23 heavy (non-hydrogen) atoms. The summed E-state index contributed by atoms with van der Waals surface area (Å²) in [5, 5.41) is 35.1. The summed E-state index contributed by atoms with van der Waals surface area (Å²) in [5.41, 5.74) is 0.806. The smallest absolute Gasteiger partial charge is 0.162 e. The molecule has 8 heteroatoms.